The zero-order valence-corrected chi connectivity index (χ0v) is 56.8. The molecule has 1 heterocycles. The van der Waals surface area contributed by atoms with Crippen LogP contribution in [0.4, 0.5) is 0 Å². The number of aliphatic hydroxyl groups is 5. The highest BCUT2D eigenvalue weighted by molar-refractivity contribution is 5.76. The third-order valence-electron chi connectivity index (χ3n) is 18.1. The topological polar surface area (TPSA) is 149 Å². The average molecular weight is 1210 g/mol. The van der Waals surface area contributed by atoms with Crippen molar-refractivity contribution in [1.82, 2.24) is 5.32 Å². The second-order valence-corrected chi connectivity index (χ2v) is 26.4. The Morgan fingerprint density at radius 1 is 0.384 bits per heavy atom. The first-order valence-corrected chi connectivity index (χ1v) is 37.9. The van der Waals surface area contributed by atoms with Crippen LogP contribution in [0.15, 0.2) is 48.6 Å². The highest BCUT2D eigenvalue weighted by Crippen LogP contribution is 2.24. The van der Waals surface area contributed by atoms with Gasteiger partial charge in [-0.15, -0.1) is 0 Å². The third-order valence-corrected chi connectivity index (χ3v) is 18.1. The minimum Gasteiger partial charge on any atom is -0.394 e. The number of allylic oxidation sites excluding steroid dienone is 7. The summed E-state index contributed by atoms with van der Waals surface area (Å²) in [6.45, 7) is 3.81. The van der Waals surface area contributed by atoms with E-state index < -0.39 is 49.5 Å². The molecular weight excluding hydrogens is 1070 g/mol. The molecular formula is C77H145NO8. The molecule has 0 aliphatic carbocycles. The summed E-state index contributed by atoms with van der Waals surface area (Å²) in [6.07, 6.45) is 84.0. The second-order valence-electron chi connectivity index (χ2n) is 26.4. The summed E-state index contributed by atoms with van der Waals surface area (Å²) >= 11 is 0. The molecule has 506 valence electrons. The predicted octanol–water partition coefficient (Wildman–Crippen LogP) is 21.1. The molecule has 0 aromatic carbocycles. The normalized spacial score (nSPS) is 18.2. The molecule has 6 N–H and O–H groups in total. The van der Waals surface area contributed by atoms with Gasteiger partial charge >= 0.3 is 0 Å². The minimum absolute atomic E-state index is 0.183. The van der Waals surface area contributed by atoms with Crippen molar-refractivity contribution in [2.45, 2.75) is 423 Å². The van der Waals surface area contributed by atoms with Gasteiger partial charge in [-0.05, 0) is 70.6 Å². The Bertz CT molecular complexity index is 1500. The van der Waals surface area contributed by atoms with Gasteiger partial charge in [0.2, 0.25) is 5.91 Å². The van der Waals surface area contributed by atoms with Crippen LogP contribution < -0.4 is 5.32 Å². The van der Waals surface area contributed by atoms with Crippen LogP contribution in [0.2, 0.25) is 0 Å². The maximum absolute atomic E-state index is 13.1. The largest absolute Gasteiger partial charge is 0.394 e. The highest BCUT2D eigenvalue weighted by Gasteiger charge is 2.44. The number of carbonyl (C=O) groups excluding carboxylic acids is 1. The van der Waals surface area contributed by atoms with Crippen LogP contribution in [0.3, 0.4) is 0 Å². The molecule has 0 saturated carbocycles. The van der Waals surface area contributed by atoms with E-state index in [0.717, 1.165) is 44.9 Å². The molecule has 9 heteroatoms. The molecule has 7 unspecified atom stereocenters. The second kappa shape index (κ2) is 66.1. The van der Waals surface area contributed by atoms with Crippen LogP contribution >= 0.6 is 0 Å². The first-order chi connectivity index (χ1) is 42.3. The zero-order chi connectivity index (χ0) is 62.1. The minimum atomic E-state index is -1.58. The number of ether oxygens (including phenoxy) is 2. The quantitative estimate of drug-likeness (QED) is 0.0261. The lowest BCUT2D eigenvalue weighted by Crippen LogP contribution is -2.60. The van der Waals surface area contributed by atoms with E-state index in [0.29, 0.717) is 6.42 Å². The Balaban J connectivity index is 2.07. The summed E-state index contributed by atoms with van der Waals surface area (Å²) in [5, 5.41) is 54.8. The zero-order valence-electron chi connectivity index (χ0n) is 56.8. The number of amides is 1. The number of unbranched alkanes of at least 4 members (excludes halogenated alkanes) is 51. The van der Waals surface area contributed by atoms with Gasteiger partial charge in [0.05, 0.1) is 25.4 Å². The molecule has 7 atom stereocenters. The van der Waals surface area contributed by atoms with E-state index in [1.54, 1.807) is 6.08 Å². The van der Waals surface area contributed by atoms with Crippen LogP contribution in [-0.4, -0.2) is 87.5 Å². The first-order valence-electron chi connectivity index (χ1n) is 37.9. The molecule has 0 spiro atoms. The average Bonchev–Trinajstić information content (AvgIpc) is 3.55. The van der Waals surface area contributed by atoms with E-state index in [9.17, 15) is 30.3 Å². The fraction of sp³-hybridized carbons (Fsp3) is 0.883. The van der Waals surface area contributed by atoms with Gasteiger partial charge in [0.1, 0.15) is 24.4 Å². The van der Waals surface area contributed by atoms with Crippen LogP contribution in [0, 0.1) is 0 Å². The van der Waals surface area contributed by atoms with Crippen molar-refractivity contribution in [2.24, 2.45) is 0 Å². The lowest BCUT2D eigenvalue weighted by molar-refractivity contribution is -0.302. The summed E-state index contributed by atoms with van der Waals surface area (Å²) in [5.41, 5.74) is 0. The van der Waals surface area contributed by atoms with Crippen molar-refractivity contribution in [1.29, 1.82) is 0 Å². The fourth-order valence-corrected chi connectivity index (χ4v) is 12.2. The number of aliphatic hydroxyl groups excluding tert-OH is 5. The van der Waals surface area contributed by atoms with Gasteiger partial charge in [0.15, 0.2) is 6.29 Å². The Morgan fingerprint density at radius 2 is 0.663 bits per heavy atom. The third kappa shape index (κ3) is 53.9. The van der Waals surface area contributed by atoms with E-state index in [4.69, 9.17) is 9.47 Å². The number of hydrogen-bond acceptors (Lipinski definition) is 8. The molecule has 86 heavy (non-hydrogen) atoms. The van der Waals surface area contributed by atoms with Gasteiger partial charge in [-0.2, -0.15) is 0 Å². The van der Waals surface area contributed by atoms with Crippen molar-refractivity contribution in [3.8, 4) is 0 Å². The summed E-state index contributed by atoms with van der Waals surface area (Å²) in [7, 11) is 0. The Hall–Kier alpha value is -1.85. The van der Waals surface area contributed by atoms with Crippen LogP contribution in [0.25, 0.3) is 0 Å². The maximum atomic E-state index is 13.1. The summed E-state index contributed by atoms with van der Waals surface area (Å²) in [5.74, 6) is -0.183. The van der Waals surface area contributed by atoms with Crippen molar-refractivity contribution in [3.63, 3.8) is 0 Å². The van der Waals surface area contributed by atoms with E-state index >= 15 is 0 Å². The summed E-state index contributed by atoms with van der Waals surface area (Å²) in [4.78, 5) is 13.1. The van der Waals surface area contributed by atoms with Gasteiger partial charge in [-0.25, -0.2) is 0 Å². The monoisotopic (exact) mass is 1210 g/mol. The fourth-order valence-electron chi connectivity index (χ4n) is 12.2. The molecule has 0 aromatic rings. The molecule has 9 nitrogen and oxygen atoms in total. The van der Waals surface area contributed by atoms with Crippen molar-refractivity contribution in [3.05, 3.63) is 48.6 Å². The molecule has 1 aliphatic heterocycles. The smallest absolute Gasteiger partial charge is 0.220 e. The number of hydrogen-bond donors (Lipinski definition) is 6. The van der Waals surface area contributed by atoms with E-state index in [1.807, 2.05) is 6.08 Å². The van der Waals surface area contributed by atoms with Crippen molar-refractivity contribution in [2.75, 3.05) is 13.2 Å². The predicted molar refractivity (Wildman–Crippen MR) is 369 cm³/mol. The van der Waals surface area contributed by atoms with Crippen LogP contribution in [0.1, 0.15) is 380 Å². The first kappa shape index (κ1) is 82.2. The summed E-state index contributed by atoms with van der Waals surface area (Å²) < 4.78 is 11.3. The Morgan fingerprint density at radius 3 is 0.977 bits per heavy atom. The van der Waals surface area contributed by atoms with E-state index in [2.05, 4.69) is 55.6 Å². The SMILES string of the molecule is CCCCCCCCCC/C=C\CCCCCCCCCCCCCCCCCCCCCCCCCCCCCC(=O)NC(COC1OC(CO)C(O)C(O)C1O)C(O)/C=C/CC/C=C/CC/C=C/CCCCCCCCCCCCCCCC. The highest BCUT2D eigenvalue weighted by atomic mass is 16.7. The van der Waals surface area contributed by atoms with Gasteiger partial charge < -0.3 is 40.3 Å². The molecule has 0 bridgehead atoms. The molecule has 1 saturated heterocycles. The van der Waals surface area contributed by atoms with Gasteiger partial charge in [0.25, 0.3) is 0 Å². The van der Waals surface area contributed by atoms with Gasteiger partial charge in [0, 0.05) is 6.42 Å². The molecule has 1 fully saturated rings. The van der Waals surface area contributed by atoms with Crippen LogP contribution in [0.5, 0.6) is 0 Å². The number of carbonyl (C=O) groups is 1. The standard InChI is InChI=1S/C77H145NO8/c1-3-5-7-9-11-13-15-17-19-21-23-25-27-29-30-31-32-33-34-35-36-37-38-39-40-41-42-43-45-47-49-51-53-55-57-59-61-63-65-67-73(81)78-70(69-85-77-76(84)75(83)74(82)72(68-79)86-77)71(80)66-64-62-60-58-56-54-52-50-48-46-44-28-26-24-22-20-18-16-14-12-10-8-6-4-2/h21,23,48,50,56,58,64,66,70-72,74-77,79-80,82-84H,3-20,22,24-47,49,51-55,57,59-63,65,67-69H2,1-2H3,(H,78,81)/b23-21-,50-48+,58-56+,66-64+. The van der Waals surface area contributed by atoms with Gasteiger partial charge in [-0.1, -0.05) is 351 Å². The molecule has 0 aromatic heterocycles. The molecule has 1 aliphatic rings. The molecule has 1 rings (SSSR count). The van der Waals surface area contributed by atoms with Gasteiger partial charge in [-0.3, -0.25) is 4.79 Å². The van der Waals surface area contributed by atoms with E-state index in [1.165, 1.54) is 315 Å². The van der Waals surface area contributed by atoms with E-state index in [-0.39, 0.29) is 12.5 Å². The maximum Gasteiger partial charge on any atom is 0.220 e. The summed E-state index contributed by atoms with van der Waals surface area (Å²) in [6, 6.07) is -0.829. The van der Waals surface area contributed by atoms with Crippen molar-refractivity contribution < 1.29 is 39.8 Å². The molecule has 1 amide bonds. The Labute approximate surface area is 533 Å². The molecule has 0 radical (unpaired) electrons. The lowest BCUT2D eigenvalue weighted by Gasteiger charge is -2.40. The lowest BCUT2D eigenvalue weighted by atomic mass is 9.99. The Kier molecular flexibility index (Phi) is 63.1. The number of rotatable bonds is 67. The number of nitrogens with one attached hydrogen (secondary N) is 1. The van der Waals surface area contributed by atoms with Crippen molar-refractivity contribution >= 4 is 5.91 Å². The van der Waals surface area contributed by atoms with Crippen LogP contribution in [-0.2, 0) is 14.3 Å².